The lowest BCUT2D eigenvalue weighted by Gasteiger charge is -2.03. The number of hydrogen-bond acceptors (Lipinski definition) is 2. The van der Waals surface area contributed by atoms with Gasteiger partial charge in [0.15, 0.2) is 0 Å². The largest absolute Gasteiger partial charge is 0.351 e. The summed E-state index contributed by atoms with van der Waals surface area (Å²) < 4.78 is 1.99. The Morgan fingerprint density at radius 2 is 2.05 bits per heavy atom. The van der Waals surface area contributed by atoms with Gasteiger partial charge in [0.25, 0.3) is 5.91 Å². The van der Waals surface area contributed by atoms with E-state index < -0.39 is 0 Å². The minimum absolute atomic E-state index is 0.179. The van der Waals surface area contributed by atoms with Crippen molar-refractivity contribution in [1.82, 2.24) is 14.5 Å². The predicted molar refractivity (Wildman–Crippen MR) is 87.0 cm³/mol. The van der Waals surface area contributed by atoms with Crippen LogP contribution in [0, 0.1) is 0 Å². The highest BCUT2D eigenvalue weighted by atomic mass is 16.1. The van der Waals surface area contributed by atoms with Gasteiger partial charge in [0.05, 0.1) is 11.0 Å². The van der Waals surface area contributed by atoms with E-state index in [1.807, 2.05) is 66.3 Å². The monoisotopic (exact) mass is 290 g/mol. The summed E-state index contributed by atoms with van der Waals surface area (Å²) in [5.41, 5.74) is 3.36. The molecular formula is C17H14N4O. The third-order valence-corrected chi connectivity index (χ3v) is 3.77. The summed E-state index contributed by atoms with van der Waals surface area (Å²) in [5.74, 6) is 0.278. The van der Waals surface area contributed by atoms with Crippen molar-refractivity contribution in [2.24, 2.45) is 7.05 Å². The van der Waals surface area contributed by atoms with Crippen molar-refractivity contribution in [1.29, 1.82) is 0 Å². The number of aromatic amines is 1. The van der Waals surface area contributed by atoms with Gasteiger partial charge >= 0.3 is 0 Å². The fraction of sp³-hybridized carbons (Fsp3) is 0.0588. The third-order valence-electron chi connectivity index (χ3n) is 3.77. The first-order chi connectivity index (χ1) is 10.7. The molecule has 2 heterocycles. The molecule has 2 N–H and O–H groups in total. The van der Waals surface area contributed by atoms with Gasteiger partial charge in [-0.15, -0.1) is 0 Å². The van der Waals surface area contributed by atoms with E-state index in [0.29, 0.717) is 11.5 Å². The third kappa shape index (κ3) is 2.03. The highest BCUT2D eigenvalue weighted by molar-refractivity contribution is 6.05. The van der Waals surface area contributed by atoms with Gasteiger partial charge in [-0.05, 0) is 35.7 Å². The van der Waals surface area contributed by atoms with Crippen LogP contribution in [0.25, 0.3) is 21.9 Å². The Kier molecular flexibility index (Phi) is 2.72. The van der Waals surface area contributed by atoms with Gasteiger partial charge in [-0.25, -0.2) is 4.98 Å². The average Bonchev–Trinajstić information content (AvgIpc) is 3.10. The van der Waals surface area contributed by atoms with Crippen LogP contribution in [0.2, 0.25) is 0 Å². The zero-order valence-electron chi connectivity index (χ0n) is 12.0. The quantitative estimate of drug-likeness (QED) is 0.595. The van der Waals surface area contributed by atoms with Crippen LogP contribution in [0.5, 0.6) is 0 Å². The number of benzene rings is 2. The van der Waals surface area contributed by atoms with Gasteiger partial charge in [-0.1, -0.05) is 18.2 Å². The fourth-order valence-electron chi connectivity index (χ4n) is 2.60. The molecular weight excluding hydrogens is 276 g/mol. The molecule has 0 radical (unpaired) electrons. The molecule has 1 amide bonds. The van der Waals surface area contributed by atoms with Crippen LogP contribution in [0.1, 0.15) is 10.4 Å². The summed E-state index contributed by atoms with van der Waals surface area (Å²) in [7, 11) is 1.96. The number of H-pyrrole nitrogens is 1. The Bertz CT molecular complexity index is 963. The van der Waals surface area contributed by atoms with Crippen LogP contribution in [-0.2, 0) is 7.05 Å². The van der Waals surface area contributed by atoms with Crippen molar-refractivity contribution in [3.8, 4) is 0 Å². The standard InChI is InChI=1S/C17H14N4O/c1-21-9-8-11-6-7-12(10-15(11)21)16(22)20-17-18-13-4-2-3-5-14(13)19-17/h2-10H,1H3,(H2,18,19,20,22). The normalized spacial score (nSPS) is 11.1. The molecule has 5 heteroatoms. The maximum atomic E-state index is 12.4. The van der Waals surface area contributed by atoms with Crippen molar-refractivity contribution in [3.05, 3.63) is 60.3 Å². The number of aryl methyl sites for hydroxylation is 1. The van der Waals surface area contributed by atoms with Gasteiger partial charge in [0, 0.05) is 24.3 Å². The lowest BCUT2D eigenvalue weighted by Crippen LogP contribution is -2.12. The molecule has 0 spiro atoms. The number of hydrogen-bond donors (Lipinski definition) is 2. The molecule has 0 aliphatic heterocycles. The number of carbonyl (C=O) groups excluding carboxylic acids is 1. The molecule has 0 fully saturated rings. The van der Waals surface area contributed by atoms with Gasteiger partial charge in [0.2, 0.25) is 5.95 Å². The molecule has 0 saturated heterocycles. The van der Waals surface area contributed by atoms with Gasteiger partial charge in [-0.2, -0.15) is 0 Å². The summed E-state index contributed by atoms with van der Waals surface area (Å²) in [6, 6.07) is 15.3. The summed E-state index contributed by atoms with van der Waals surface area (Å²) in [6.07, 6.45) is 1.98. The number of anilines is 1. The lowest BCUT2D eigenvalue weighted by atomic mass is 10.1. The zero-order valence-corrected chi connectivity index (χ0v) is 12.0. The Labute approximate surface area is 126 Å². The molecule has 0 saturated carbocycles. The van der Waals surface area contributed by atoms with E-state index in [9.17, 15) is 4.79 Å². The molecule has 2 aromatic heterocycles. The van der Waals surface area contributed by atoms with E-state index in [0.717, 1.165) is 21.9 Å². The summed E-state index contributed by atoms with van der Waals surface area (Å²) in [6.45, 7) is 0. The maximum Gasteiger partial charge on any atom is 0.258 e. The van der Waals surface area contributed by atoms with E-state index in [2.05, 4.69) is 15.3 Å². The minimum Gasteiger partial charge on any atom is -0.351 e. The Balaban J connectivity index is 1.66. The topological polar surface area (TPSA) is 62.7 Å². The predicted octanol–water partition coefficient (Wildman–Crippen LogP) is 3.31. The average molecular weight is 290 g/mol. The van der Waals surface area contributed by atoms with E-state index in [4.69, 9.17) is 0 Å². The van der Waals surface area contributed by atoms with Crippen LogP contribution in [0.4, 0.5) is 5.95 Å². The second kappa shape index (κ2) is 4.73. The molecule has 0 aliphatic carbocycles. The maximum absolute atomic E-state index is 12.4. The van der Waals surface area contributed by atoms with Crippen LogP contribution < -0.4 is 5.32 Å². The zero-order chi connectivity index (χ0) is 15.1. The molecule has 0 unspecified atom stereocenters. The van der Waals surface area contributed by atoms with Crippen LogP contribution >= 0.6 is 0 Å². The van der Waals surface area contributed by atoms with Crippen molar-refractivity contribution >= 4 is 33.8 Å². The number of fused-ring (bicyclic) bond motifs is 2. The summed E-state index contributed by atoms with van der Waals surface area (Å²) in [4.78, 5) is 19.8. The van der Waals surface area contributed by atoms with Crippen molar-refractivity contribution < 1.29 is 4.79 Å². The van der Waals surface area contributed by atoms with E-state index in [1.165, 1.54) is 0 Å². The molecule has 0 atom stereocenters. The number of nitrogens with zero attached hydrogens (tertiary/aromatic N) is 2. The smallest absolute Gasteiger partial charge is 0.258 e. The first kappa shape index (κ1) is 12.6. The number of carbonyl (C=O) groups is 1. The lowest BCUT2D eigenvalue weighted by molar-refractivity contribution is 0.102. The molecule has 0 bridgehead atoms. The SMILES string of the molecule is Cn1ccc2ccc(C(=O)Nc3nc4ccccc4[nH]3)cc21. The van der Waals surface area contributed by atoms with Crippen molar-refractivity contribution in [3.63, 3.8) is 0 Å². The highest BCUT2D eigenvalue weighted by Crippen LogP contribution is 2.18. The highest BCUT2D eigenvalue weighted by Gasteiger charge is 2.10. The molecule has 22 heavy (non-hydrogen) atoms. The van der Waals surface area contributed by atoms with Gasteiger partial charge in [-0.3, -0.25) is 10.1 Å². The second-order valence-electron chi connectivity index (χ2n) is 5.26. The Morgan fingerprint density at radius 1 is 1.18 bits per heavy atom. The minimum atomic E-state index is -0.179. The molecule has 108 valence electrons. The van der Waals surface area contributed by atoms with E-state index in [-0.39, 0.29) is 5.91 Å². The first-order valence-corrected chi connectivity index (χ1v) is 7.02. The fourth-order valence-corrected chi connectivity index (χ4v) is 2.60. The van der Waals surface area contributed by atoms with E-state index in [1.54, 1.807) is 0 Å². The molecule has 2 aromatic carbocycles. The van der Waals surface area contributed by atoms with Crippen molar-refractivity contribution in [2.45, 2.75) is 0 Å². The first-order valence-electron chi connectivity index (χ1n) is 7.02. The number of aromatic nitrogens is 3. The van der Waals surface area contributed by atoms with Gasteiger partial charge in [0.1, 0.15) is 0 Å². The number of amides is 1. The number of nitrogens with one attached hydrogen (secondary N) is 2. The number of rotatable bonds is 2. The molecule has 5 nitrogen and oxygen atoms in total. The second-order valence-corrected chi connectivity index (χ2v) is 5.26. The summed E-state index contributed by atoms with van der Waals surface area (Å²) in [5, 5.41) is 3.92. The van der Waals surface area contributed by atoms with Crippen LogP contribution in [0.3, 0.4) is 0 Å². The van der Waals surface area contributed by atoms with Crippen LogP contribution in [0.15, 0.2) is 54.7 Å². The number of para-hydroxylation sites is 2. The molecule has 4 aromatic rings. The van der Waals surface area contributed by atoms with Gasteiger partial charge < -0.3 is 9.55 Å². The molecule has 4 rings (SSSR count). The van der Waals surface area contributed by atoms with Crippen molar-refractivity contribution in [2.75, 3.05) is 5.32 Å². The van der Waals surface area contributed by atoms with E-state index >= 15 is 0 Å². The molecule has 0 aliphatic rings. The Morgan fingerprint density at radius 3 is 2.91 bits per heavy atom. The van der Waals surface area contributed by atoms with Crippen LogP contribution in [-0.4, -0.2) is 20.4 Å². The summed E-state index contributed by atoms with van der Waals surface area (Å²) >= 11 is 0. The Hall–Kier alpha value is -3.08. The number of imidazole rings is 1.